The molecule has 0 bridgehead atoms. The molecule has 0 atom stereocenters. The summed E-state index contributed by atoms with van der Waals surface area (Å²) in [7, 11) is -4.04. The van der Waals surface area contributed by atoms with Gasteiger partial charge < -0.3 is 5.73 Å². The fourth-order valence-electron chi connectivity index (χ4n) is 1.70. The summed E-state index contributed by atoms with van der Waals surface area (Å²) >= 11 is 3.14. The molecule has 0 aromatic heterocycles. The van der Waals surface area contributed by atoms with Gasteiger partial charge in [-0.2, -0.15) is 8.42 Å². The molecule has 0 unspecified atom stereocenters. The molecule has 24 heavy (non-hydrogen) atoms. The highest BCUT2D eigenvalue weighted by molar-refractivity contribution is 9.10. The first-order valence-corrected chi connectivity index (χ1v) is 9.14. The molecule has 2 rings (SSSR count). The highest BCUT2D eigenvalue weighted by atomic mass is 79.9. The molecule has 0 radical (unpaired) electrons. The van der Waals surface area contributed by atoms with Crippen molar-refractivity contribution in [1.82, 2.24) is 0 Å². The Balaban J connectivity index is 0.000000243. The number of hydrogen-bond donors (Lipinski definition) is 2. The van der Waals surface area contributed by atoms with Crippen molar-refractivity contribution in [3.63, 3.8) is 0 Å². The molecule has 130 valence electrons. The van der Waals surface area contributed by atoms with Crippen molar-refractivity contribution in [2.75, 3.05) is 6.54 Å². The molecule has 0 spiro atoms. The highest BCUT2D eigenvalue weighted by Crippen LogP contribution is 2.14. The molecule has 0 amide bonds. The predicted molar refractivity (Wildman–Crippen MR) is 94.4 cm³/mol. The van der Waals surface area contributed by atoms with Gasteiger partial charge in [0.2, 0.25) is 0 Å². The molecule has 7 nitrogen and oxygen atoms in total. The van der Waals surface area contributed by atoms with E-state index in [2.05, 4.69) is 15.9 Å². The van der Waals surface area contributed by atoms with E-state index >= 15 is 0 Å². The van der Waals surface area contributed by atoms with Crippen molar-refractivity contribution >= 4 is 31.7 Å². The number of non-ortho nitro benzene ring substituents is 1. The zero-order valence-corrected chi connectivity index (χ0v) is 15.0. The van der Waals surface area contributed by atoms with Gasteiger partial charge in [0.05, 0.1) is 9.82 Å². The van der Waals surface area contributed by atoms with E-state index in [4.69, 9.17) is 10.3 Å². The van der Waals surface area contributed by atoms with Crippen LogP contribution in [-0.4, -0.2) is 24.4 Å². The zero-order chi connectivity index (χ0) is 18.2. The Hall–Kier alpha value is -1.81. The second-order valence-corrected chi connectivity index (χ2v) is 7.08. The Kier molecular flexibility index (Phi) is 7.99. The number of nitrogens with zero attached hydrogens (tertiary/aromatic N) is 1. The number of nitrogens with two attached hydrogens (primary N) is 1. The molecule has 9 heteroatoms. The summed E-state index contributed by atoms with van der Waals surface area (Å²) in [5, 5.41) is 10.3. The van der Waals surface area contributed by atoms with Crippen LogP contribution in [0.2, 0.25) is 0 Å². The number of benzene rings is 2. The molecular formula is C15H17BrN2O5S. The summed E-state index contributed by atoms with van der Waals surface area (Å²) in [6.45, 7) is 0.650. The van der Waals surface area contributed by atoms with Gasteiger partial charge in [0.15, 0.2) is 0 Å². The van der Waals surface area contributed by atoms with Crippen LogP contribution in [0.15, 0.2) is 57.9 Å². The standard InChI is InChI=1S/C9H12N2O2.C6H5BrO3S/c10-7-1-2-8-3-5-9(6-4-8)11(12)13;7-5-1-3-6(4-2-5)11(8,9)10/h3-6H,1-2,7,10H2;1-4H,(H,8,9,10). The van der Waals surface area contributed by atoms with Crippen LogP contribution in [0.5, 0.6) is 0 Å². The Morgan fingerprint density at radius 2 is 1.62 bits per heavy atom. The molecular weight excluding hydrogens is 400 g/mol. The number of rotatable bonds is 5. The first kappa shape index (κ1) is 20.2. The van der Waals surface area contributed by atoms with Crippen molar-refractivity contribution in [1.29, 1.82) is 0 Å². The van der Waals surface area contributed by atoms with Gasteiger partial charge in [0, 0.05) is 16.6 Å². The number of halogens is 1. The van der Waals surface area contributed by atoms with Gasteiger partial charge in [-0.15, -0.1) is 0 Å². The summed E-state index contributed by atoms with van der Waals surface area (Å²) in [5.41, 5.74) is 6.58. The van der Waals surface area contributed by atoms with Crippen LogP contribution < -0.4 is 5.73 Å². The highest BCUT2D eigenvalue weighted by Gasteiger charge is 2.07. The van der Waals surface area contributed by atoms with Crippen molar-refractivity contribution in [3.05, 3.63) is 68.7 Å². The summed E-state index contributed by atoms with van der Waals surface area (Å²) in [5.74, 6) is 0. The summed E-state index contributed by atoms with van der Waals surface area (Å²) in [6.07, 6.45) is 1.80. The number of nitro groups is 1. The Bertz CT molecular complexity index is 761. The first-order chi connectivity index (χ1) is 11.2. The average molecular weight is 417 g/mol. The predicted octanol–water partition coefficient (Wildman–Crippen LogP) is 3.18. The maximum atomic E-state index is 10.5. The lowest BCUT2D eigenvalue weighted by atomic mass is 10.1. The summed E-state index contributed by atoms with van der Waals surface area (Å²) in [4.78, 5) is 9.82. The third-order valence-electron chi connectivity index (χ3n) is 2.93. The minimum absolute atomic E-state index is 0.0966. The molecule has 0 heterocycles. The van der Waals surface area contributed by atoms with E-state index in [1.807, 2.05) is 0 Å². The van der Waals surface area contributed by atoms with Gasteiger partial charge in [0.25, 0.3) is 15.8 Å². The van der Waals surface area contributed by atoms with E-state index in [1.54, 1.807) is 24.3 Å². The quantitative estimate of drug-likeness (QED) is 0.438. The van der Waals surface area contributed by atoms with Crippen LogP contribution in [0.1, 0.15) is 12.0 Å². The molecule has 2 aromatic carbocycles. The number of nitro benzene ring substituents is 1. The Morgan fingerprint density at radius 3 is 2.04 bits per heavy atom. The van der Waals surface area contributed by atoms with Gasteiger partial charge in [-0.05, 0) is 49.2 Å². The van der Waals surface area contributed by atoms with Crippen LogP contribution >= 0.6 is 15.9 Å². The van der Waals surface area contributed by atoms with Gasteiger partial charge in [-0.3, -0.25) is 14.7 Å². The summed E-state index contributed by atoms with van der Waals surface area (Å²) in [6, 6.07) is 12.3. The van der Waals surface area contributed by atoms with Crippen molar-refractivity contribution in [2.45, 2.75) is 17.7 Å². The van der Waals surface area contributed by atoms with E-state index in [0.29, 0.717) is 6.54 Å². The Morgan fingerprint density at radius 1 is 1.08 bits per heavy atom. The summed E-state index contributed by atoms with van der Waals surface area (Å²) < 4.78 is 30.3. The minimum atomic E-state index is -4.04. The topological polar surface area (TPSA) is 124 Å². The average Bonchev–Trinajstić information content (AvgIpc) is 2.53. The van der Waals surface area contributed by atoms with Crippen LogP contribution in [0.3, 0.4) is 0 Å². The van der Waals surface area contributed by atoms with Crippen LogP contribution in [0, 0.1) is 10.1 Å². The second-order valence-electron chi connectivity index (χ2n) is 4.74. The molecule has 2 aromatic rings. The fourth-order valence-corrected chi connectivity index (χ4v) is 2.44. The second kappa shape index (κ2) is 9.48. The van der Waals surface area contributed by atoms with E-state index in [0.717, 1.165) is 22.9 Å². The van der Waals surface area contributed by atoms with Gasteiger partial charge in [-0.25, -0.2) is 0 Å². The van der Waals surface area contributed by atoms with Crippen molar-refractivity contribution in [2.24, 2.45) is 5.73 Å². The monoisotopic (exact) mass is 416 g/mol. The fraction of sp³-hybridized carbons (Fsp3) is 0.200. The van der Waals surface area contributed by atoms with Crippen molar-refractivity contribution in [3.8, 4) is 0 Å². The van der Waals surface area contributed by atoms with E-state index in [1.165, 1.54) is 24.3 Å². The SMILES string of the molecule is NCCCc1ccc([N+](=O)[O-])cc1.O=S(=O)(O)c1ccc(Br)cc1. The number of hydrogen-bond acceptors (Lipinski definition) is 5. The lowest BCUT2D eigenvalue weighted by molar-refractivity contribution is -0.384. The van der Waals surface area contributed by atoms with E-state index < -0.39 is 15.0 Å². The maximum absolute atomic E-state index is 10.5. The van der Waals surface area contributed by atoms with Gasteiger partial charge in [-0.1, -0.05) is 28.1 Å². The largest absolute Gasteiger partial charge is 0.330 e. The lowest BCUT2D eigenvalue weighted by Crippen LogP contribution is -2.00. The minimum Gasteiger partial charge on any atom is -0.330 e. The first-order valence-electron chi connectivity index (χ1n) is 6.90. The van der Waals surface area contributed by atoms with E-state index in [9.17, 15) is 18.5 Å². The normalized spacial score (nSPS) is 10.6. The maximum Gasteiger partial charge on any atom is 0.294 e. The van der Waals surface area contributed by atoms with Gasteiger partial charge >= 0.3 is 0 Å². The van der Waals surface area contributed by atoms with E-state index in [-0.39, 0.29) is 10.6 Å². The molecule has 0 aliphatic heterocycles. The van der Waals surface area contributed by atoms with Crippen molar-refractivity contribution < 1.29 is 17.9 Å². The number of aryl methyl sites for hydroxylation is 1. The molecule has 0 fully saturated rings. The smallest absolute Gasteiger partial charge is 0.294 e. The third kappa shape index (κ3) is 7.18. The van der Waals surface area contributed by atoms with Gasteiger partial charge in [0.1, 0.15) is 0 Å². The van der Waals surface area contributed by atoms with Crippen LogP contribution in [0.4, 0.5) is 5.69 Å². The lowest BCUT2D eigenvalue weighted by Gasteiger charge is -1.98. The molecule has 0 saturated carbocycles. The molecule has 3 N–H and O–H groups in total. The third-order valence-corrected chi connectivity index (χ3v) is 4.32. The molecule has 0 aliphatic carbocycles. The molecule has 0 aliphatic rings. The molecule has 0 saturated heterocycles. The van der Waals surface area contributed by atoms with Crippen LogP contribution in [-0.2, 0) is 16.5 Å². The Labute approximate surface area is 148 Å². The zero-order valence-electron chi connectivity index (χ0n) is 12.6. The van der Waals surface area contributed by atoms with Crippen LogP contribution in [0.25, 0.3) is 0 Å².